The molecule has 1 saturated carbocycles. The average Bonchev–Trinajstić information content (AvgIpc) is 3.37. The van der Waals surface area contributed by atoms with Crippen LogP contribution in [0.4, 0.5) is 5.69 Å². The van der Waals surface area contributed by atoms with E-state index in [-0.39, 0.29) is 0 Å². The van der Waals surface area contributed by atoms with Crippen molar-refractivity contribution in [1.29, 1.82) is 0 Å². The Morgan fingerprint density at radius 2 is 1.84 bits per heavy atom. The van der Waals surface area contributed by atoms with E-state index in [4.69, 9.17) is 4.99 Å². The van der Waals surface area contributed by atoms with Crippen LogP contribution in [0, 0.1) is 18.8 Å². The van der Waals surface area contributed by atoms with Crippen LogP contribution in [0.5, 0.6) is 0 Å². The Hall–Kier alpha value is -2.57. The first-order valence-electron chi connectivity index (χ1n) is 11.8. The van der Waals surface area contributed by atoms with Gasteiger partial charge in [-0.1, -0.05) is 31.0 Å². The molecule has 2 aliphatic rings. The molecule has 31 heavy (non-hydrogen) atoms. The van der Waals surface area contributed by atoms with E-state index in [1.807, 2.05) is 18.5 Å². The summed E-state index contributed by atoms with van der Waals surface area (Å²) in [4.78, 5) is 9.78. The van der Waals surface area contributed by atoms with E-state index in [2.05, 4.69) is 62.7 Å². The molecule has 1 saturated heterocycles. The van der Waals surface area contributed by atoms with Crippen LogP contribution in [0.1, 0.15) is 43.8 Å². The average molecular weight is 424 g/mol. The van der Waals surface area contributed by atoms with Gasteiger partial charge in [-0.05, 0) is 50.2 Å². The third kappa shape index (κ3) is 5.38. The minimum Gasteiger partial charge on any atom is -0.375 e. The summed E-state index contributed by atoms with van der Waals surface area (Å²) in [5.41, 5.74) is 1.26. The molecule has 1 aromatic carbocycles. The fourth-order valence-electron chi connectivity index (χ4n) is 4.91. The highest BCUT2D eigenvalue weighted by Crippen LogP contribution is 2.36. The number of rotatable bonds is 7. The van der Waals surface area contributed by atoms with Crippen molar-refractivity contribution in [1.82, 2.24) is 25.0 Å². The maximum absolute atomic E-state index is 4.98. The van der Waals surface area contributed by atoms with Gasteiger partial charge in [0.1, 0.15) is 12.4 Å². The SMILES string of the molecule is Cc1nnc(CN=C(NCCCN(C)c2ccccc2)N2CC3CCCCC3C2)n1C. The minimum absolute atomic E-state index is 0.565. The molecule has 0 spiro atoms. The van der Waals surface area contributed by atoms with E-state index < -0.39 is 0 Å². The van der Waals surface area contributed by atoms with Crippen molar-refractivity contribution in [2.24, 2.45) is 23.9 Å². The molecule has 2 unspecified atom stereocenters. The summed E-state index contributed by atoms with van der Waals surface area (Å²) in [6.07, 6.45) is 6.59. The second-order valence-corrected chi connectivity index (χ2v) is 9.11. The number of fused-ring (bicyclic) bond motifs is 1. The number of benzene rings is 1. The van der Waals surface area contributed by atoms with Crippen molar-refractivity contribution in [3.05, 3.63) is 42.0 Å². The van der Waals surface area contributed by atoms with Crippen molar-refractivity contribution in [3.63, 3.8) is 0 Å². The lowest BCUT2D eigenvalue weighted by atomic mass is 9.82. The molecule has 2 fully saturated rings. The Labute approximate surface area is 186 Å². The van der Waals surface area contributed by atoms with Gasteiger partial charge in [0.05, 0.1) is 0 Å². The topological polar surface area (TPSA) is 61.6 Å². The van der Waals surface area contributed by atoms with Crippen LogP contribution >= 0.6 is 0 Å². The van der Waals surface area contributed by atoms with E-state index in [0.717, 1.165) is 62.0 Å². The molecule has 1 aliphatic carbocycles. The van der Waals surface area contributed by atoms with Crippen LogP contribution in [-0.2, 0) is 13.6 Å². The van der Waals surface area contributed by atoms with Crippen LogP contribution in [0.15, 0.2) is 35.3 Å². The van der Waals surface area contributed by atoms with Crippen LogP contribution in [-0.4, -0.2) is 58.9 Å². The van der Waals surface area contributed by atoms with E-state index in [1.54, 1.807) is 0 Å². The Morgan fingerprint density at radius 3 is 2.48 bits per heavy atom. The quantitative estimate of drug-likeness (QED) is 0.421. The smallest absolute Gasteiger partial charge is 0.194 e. The Balaban J connectivity index is 1.36. The molecule has 1 aromatic heterocycles. The van der Waals surface area contributed by atoms with Gasteiger partial charge in [-0.25, -0.2) is 4.99 Å². The second-order valence-electron chi connectivity index (χ2n) is 9.11. The number of nitrogens with one attached hydrogen (secondary N) is 1. The third-order valence-corrected chi connectivity index (χ3v) is 6.98. The number of hydrogen-bond acceptors (Lipinski definition) is 4. The predicted octanol–water partition coefficient (Wildman–Crippen LogP) is 3.22. The Kier molecular flexibility index (Phi) is 7.10. The molecule has 2 aromatic rings. The number of guanidine groups is 1. The summed E-state index contributed by atoms with van der Waals surface area (Å²) >= 11 is 0. The van der Waals surface area contributed by atoms with E-state index in [0.29, 0.717) is 6.54 Å². The lowest BCUT2D eigenvalue weighted by Gasteiger charge is -2.23. The first-order chi connectivity index (χ1) is 15.1. The molecule has 168 valence electrons. The maximum Gasteiger partial charge on any atom is 0.194 e. The highest BCUT2D eigenvalue weighted by molar-refractivity contribution is 5.80. The summed E-state index contributed by atoms with van der Waals surface area (Å²) in [7, 11) is 4.17. The molecule has 2 atom stereocenters. The fraction of sp³-hybridized carbons (Fsp3) is 0.625. The third-order valence-electron chi connectivity index (χ3n) is 6.98. The number of nitrogens with zero attached hydrogens (tertiary/aromatic N) is 6. The van der Waals surface area contributed by atoms with Crippen molar-refractivity contribution in [3.8, 4) is 0 Å². The summed E-state index contributed by atoms with van der Waals surface area (Å²) in [6.45, 7) is 6.75. The number of aliphatic imine (C=N–C) groups is 1. The lowest BCUT2D eigenvalue weighted by Crippen LogP contribution is -2.41. The molecule has 1 aliphatic heterocycles. The number of anilines is 1. The first kappa shape index (κ1) is 21.7. The van der Waals surface area contributed by atoms with Gasteiger partial charge in [0.2, 0.25) is 0 Å². The van der Waals surface area contributed by atoms with Gasteiger partial charge in [0.15, 0.2) is 11.8 Å². The van der Waals surface area contributed by atoms with E-state index >= 15 is 0 Å². The van der Waals surface area contributed by atoms with Crippen molar-refractivity contribution in [2.75, 3.05) is 38.1 Å². The van der Waals surface area contributed by atoms with Crippen LogP contribution in [0.25, 0.3) is 0 Å². The van der Waals surface area contributed by atoms with Crippen molar-refractivity contribution >= 4 is 11.6 Å². The number of hydrogen-bond donors (Lipinski definition) is 1. The van der Waals surface area contributed by atoms with Gasteiger partial charge < -0.3 is 19.7 Å². The van der Waals surface area contributed by atoms with Crippen molar-refractivity contribution in [2.45, 2.75) is 45.6 Å². The fourth-order valence-corrected chi connectivity index (χ4v) is 4.91. The molecular formula is C24H37N7. The van der Waals surface area contributed by atoms with Gasteiger partial charge in [-0.15, -0.1) is 10.2 Å². The normalized spacial score (nSPS) is 21.3. The molecule has 7 heteroatoms. The summed E-state index contributed by atoms with van der Waals surface area (Å²) < 4.78 is 2.03. The van der Waals surface area contributed by atoms with Crippen molar-refractivity contribution < 1.29 is 0 Å². The van der Waals surface area contributed by atoms with Gasteiger partial charge in [-0.2, -0.15) is 0 Å². The molecule has 0 amide bonds. The maximum atomic E-state index is 4.98. The van der Waals surface area contributed by atoms with Crippen LogP contribution in [0.3, 0.4) is 0 Å². The van der Waals surface area contributed by atoms with Gasteiger partial charge in [-0.3, -0.25) is 0 Å². The molecular weight excluding hydrogens is 386 g/mol. The zero-order chi connectivity index (χ0) is 21.6. The predicted molar refractivity (Wildman–Crippen MR) is 126 cm³/mol. The van der Waals surface area contributed by atoms with E-state index in [1.165, 1.54) is 31.4 Å². The standard InChI is InChI=1S/C24H37N7/c1-19-27-28-23(30(19)3)16-26-24(31-17-20-10-7-8-11-21(20)18-31)25-14-9-15-29(2)22-12-5-4-6-13-22/h4-6,12-13,20-21H,7-11,14-18H2,1-3H3,(H,25,26). The van der Waals surface area contributed by atoms with E-state index in [9.17, 15) is 0 Å². The zero-order valence-corrected chi connectivity index (χ0v) is 19.3. The zero-order valence-electron chi connectivity index (χ0n) is 19.3. The molecule has 2 heterocycles. The minimum atomic E-state index is 0.565. The molecule has 7 nitrogen and oxygen atoms in total. The lowest BCUT2D eigenvalue weighted by molar-refractivity contribution is 0.299. The van der Waals surface area contributed by atoms with Gasteiger partial charge >= 0.3 is 0 Å². The molecule has 0 radical (unpaired) electrons. The van der Waals surface area contributed by atoms with Gasteiger partial charge in [0.25, 0.3) is 0 Å². The molecule has 0 bridgehead atoms. The van der Waals surface area contributed by atoms with Gasteiger partial charge in [0, 0.05) is 46.0 Å². The highest BCUT2D eigenvalue weighted by atomic mass is 15.3. The Bertz CT molecular complexity index is 846. The summed E-state index contributed by atoms with van der Waals surface area (Å²) in [5, 5.41) is 12.1. The number of aromatic nitrogens is 3. The second kappa shape index (κ2) is 10.2. The molecule has 4 rings (SSSR count). The number of aryl methyl sites for hydroxylation is 1. The molecule has 1 N–H and O–H groups in total. The van der Waals surface area contributed by atoms with Crippen LogP contribution in [0.2, 0.25) is 0 Å². The van der Waals surface area contributed by atoms with Crippen LogP contribution < -0.4 is 10.2 Å². The number of para-hydroxylation sites is 1. The summed E-state index contributed by atoms with van der Waals surface area (Å²) in [6, 6.07) is 10.6. The Morgan fingerprint density at radius 1 is 1.13 bits per heavy atom. The monoisotopic (exact) mass is 423 g/mol. The highest BCUT2D eigenvalue weighted by Gasteiger charge is 2.35. The summed E-state index contributed by atoms with van der Waals surface area (Å²) in [5.74, 6) is 4.55. The first-order valence-corrected chi connectivity index (χ1v) is 11.8. The number of likely N-dealkylation sites (tertiary alicyclic amines) is 1. The largest absolute Gasteiger partial charge is 0.375 e.